The lowest BCUT2D eigenvalue weighted by Crippen LogP contribution is -2.35. The van der Waals surface area contributed by atoms with Crippen molar-refractivity contribution in [3.63, 3.8) is 0 Å². The number of likely N-dealkylation sites (N-methyl/N-ethyl adjacent to an activating group) is 1. The Kier molecular flexibility index (Phi) is 4.90. The monoisotopic (exact) mass is 261 g/mol. The molecule has 1 aliphatic rings. The van der Waals surface area contributed by atoms with Crippen LogP contribution in [0.2, 0.25) is 0 Å². The largest absolute Gasteiger partial charge is 0.314 e. The molecule has 1 aromatic rings. The van der Waals surface area contributed by atoms with Crippen molar-refractivity contribution in [3.8, 4) is 0 Å². The zero-order valence-corrected chi connectivity index (χ0v) is 12.2. The first-order valence-electron chi connectivity index (χ1n) is 6.82. The first kappa shape index (κ1) is 13.7. The molecule has 0 bridgehead atoms. The summed E-state index contributed by atoms with van der Waals surface area (Å²) in [7, 11) is 0. The number of nitrogens with one attached hydrogen (secondary N) is 1. The molecule has 0 radical (unpaired) electrons. The van der Waals surface area contributed by atoms with E-state index >= 15 is 0 Å². The van der Waals surface area contributed by atoms with Crippen LogP contribution in [0.25, 0.3) is 0 Å². The Hall–Kier alpha value is -0.730. The summed E-state index contributed by atoms with van der Waals surface area (Å²) in [6, 6.07) is 9.44. The normalized spacial score (nSPS) is 19.6. The van der Waals surface area contributed by atoms with Gasteiger partial charge in [0.05, 0.1) is 0 Å². The van der Waals surface area contributed by atoms with E-state index in [1.54, 1.807) is 0 Å². The summed E-state index contributed by atoms with van der Waals surface area (Å²) >= 11 is 2.00. The van der Waals surface area contributed by atoms with Gasteiger partial charge in [0.15, 0.2) is 0 Å². The summed E-state index contributed by atoms with van der Waals surface area (Å²) in [6.07, 6.45) is 2.32. The minimum atomic E-state index is 0.586. The lowest BCUT2D eigenvalue weighted by atomic mass is 9.89. The van der Waals surface area contributed by atoms with Gasteiger partial charge in [0.1, 0.15) is 0 Å². The van der Waals surface area contributed by atoms with E-state index in [4.69, 9.17) is 0 Å². The molecule has 2 unspecified atom stereocenters. The Morgan fingerprint density at radius 3 is 3.00 bits per heavy atom. The van der Waals surface area contributed by atoms with Crippen molar-refractivity contribution >= 4 is 11.8 Å². The molecule has 1 heterocycles. The fourth-order valence-corrected chi connectivity index (χ4v) is 3.96. The highest BCUT2D eigenvalue weighted by Crippen LogP contribution is 2.41. The summed E-state index contributed by atoms with van der Waals surface area (Å²) < 4.78 is 0. The number of hydrogen-bond acceptors (Lipinski definition) is 2. The second-order valence-electron chi connectivity index (χ2n) is 5.12. The third kappa shape index (κ3) is 3.18. The molecule has 0 saturated carbocycles. The SMILES string of the molecule is C=C(C)CCC(NCC)C1CSc2ccccc21. The maximum absolute atomic E-state index is 4.03. The maximum atomic E-state index is 4.03. The molecule has 18 heavy (non-hydrogen) atoms. The summed E-state index contributed by atoms with van der Waals surface area (Å²) in [5.74, 6) is 1.87. The van der Waals surface area contributed by atoms with Crippen molar-refractivity contribution in [2.24, 2.45) is 0 Å². The summed E-state index contributed by atoms with van der Waals surface area (Å²) in [6.45, 7) is 9.39. The molecule has 1 aromatic carbocycles. The van der Waals surface area contributed by atoms with Crippen molar-refractivity contribution < 1.29 is 0 Å². The van der Waals surface area contributed by atoms with Gasteiger partial charge in [-0.05, 0) is 37.9 Å². The van der Waals surface area contributed by atoms with Crippen LogP contribution >= 0.6 is 11.8 Å². The van der Waals surface area contributed by atoms with Gasteiger partial charge in [0.2, 0.25) is 0 Å². The third-order valence-electron chi connectivity index (χ3n) is 3.57. The summed E-state index contributed by atoms with van der Waals surface area (Å²) in [4.78, 5) is 1.47. The Bertz CT molecular complexity index is 413. The number of hydrogen-bond donors (Lipinski definition) is 1. The van der Waals surface area contributed by atoms with Gasteiger partial charge in [-0.15, -0.1) is 18.3 Å². The molecule has 1 nitrogen and oxygen atoms in total. The summed E-state index contributed by atoms with van der Waals surface area (Å²) in [5, 5.41) is 3.67. The molecular weight excluding hydrogens is 238 g/mol. The second-order valence-corrected chi connectivity index (χ2v) is 6.18. The quantitative estimate of drug-likeness (QED) is 0.770. The third-order valence-corrected chi connectivity index (χ3v) is 4.78. The standard InChI is InChI=1S/C16H23NS/c1-4-17-15(10-9-12(2)3)14-11-18-16-8-6-5-7-13(14)16/h5-8,14-15,17H,2,4,9-11H2,1,3H3. The van der Waals surface area contributed by atoms with E-state index in [0.29, 0.717) is 12.0 Å². The number of fused-ring (bicyclic) bond motifs is 1. The first-order valence-corrected chi connectivity index (χ1v) is 7.80. The molecule has 0 aromatic heterocycles. The lowest BCUT2D eigenvalue weighted by Gasteiger charge is -2.25. The molecule has 1 N–H and O–H groups in total. The second kappa shape index (κ2) is 6.44. The fourth-order valence-electron chi connectivity index (χ4n) is 2.63. The molecule has 1 aliphatic heterocycles. The molecular formula is C16H23NS. The molecule has 0 saturated heterocycles. The minimum absolute atomic E-state index is 0.586. The lowest BCUT2D eigenvalue weighted by molar-refractivity contribution is 0.438. The van der Waals surface area contributed by atoms with Crippen molar-refractivity contribution in [1.82, 2.24) is 5.32 Å². The van der Waals surface area contributed by atoms with Gasteiger partial charge in [-0.25, -0.2) is 0 Å². The van der Waals surface area contributed by atoms with Crippen LogP contribution in [0.15, 0.2) is 41.3 Å². The van der Waals surface area contributed by atoms with Crippen molar-refractivity contribution in [3.05, 3.63) is 42.0 Å². The van der Waals surface area contributed by atoms with E-state index in [9.17, 15) is 0 Å². The van der Waals surface area contributed by atoms with E-state index < -0.39 is 0 Å². The topological polar surface area (TPSA) is 12.0 Å². The number of benzene rings is 1. The van der Waals surface area contributed by atoms with Gasteiger partial charge in [-0.2, -0.15) is 0 Å². The van der Waals surface area contributed by atoms with E-state index in [0.717, 1.165) is 13.0 Å². The average Bonchev–Trinajstić information content (AvgIpc) is 2.78. The number of thioether (sulfide) groups is 1. The molecule has 0 amide bonds. The van der Waals surface area contributed by atoms with E-state index in [-0.39, 0.29) is 0 Å². The van der Waals surface area contributed by atoms with Crippen LogP contribution in [0.4, 0.5) is 0 Å². The van der Waals surface area contributed by atoms with Gasteiger partial charge in [-0.1, -0.05) is 30.7 Å². The van der Waals surface area contributed by atoms with Crippen molar-refractivity contribution in [2.75, 3.05) is 12.3 Å². The highest BCUT2D eigenvalue weighted by atomic mass is 32.2. The van der Waals surface area contributed by atoms with Crippen LogP contribution in [0.3, 0.4) is 0 Å². The highest BCUT2D eigenvalue weighted by molar-refractivity contribution is 7.99. The van der Waals surface area contributed by atoms with Gasteiger partial charge in [0.25, 0.3) is 0 Å². The molecule has 2 heteroatoms. The Balaban J connectivity index is 2.10. The first-order chi connectivity index (χ1) is 8.72. The molecule has 98 valence electrons. The zero-order chi connectivity index (χ0) is 13.0. The van der Waals surface area contributed by atoms with E-state index in [1.807, 2.05) is 11.8 Å². The van der Waals surface area contributed by atoms with Gasteiger partial charge >= 0.3 is 0 Å². The van der Waals surface area contributed by atoms with Gasteiger partial charge in [0, 0.05) is 22.6 Å². The van der Waals surface area contributed by atoms with Crippen molar-refractivity contribution in [2.45, 2.75) is 43.5 Å². The van der Waals surface area contributed by atoms with Crippen LogP contribution in [-0.4, -0.2) is 18.3 Å². The molecule has 0 spiro atoms. The Morgan fingerprint density at radius 2 is 2.28 bits per heavy atom. The molecule has 2 atom stereocenters. The van der Waals surface area contributed by atoms with E-state index in [1.165, 1.54) is 28.2 Å². The number of allylic oxidation sites excluding steroid dienone is 1. The zero-order valence-electron chi connectivity index (χ0n) is 11.4. The summed E-state index contributed by atoms with van der Waals surface area (Å²) in [5.41, 5.74) is 2.83. The minimum Gasteiger partial charge on any atom is -0.314 e. The smallest absolute Gasteiger partial charge is 0.0147 e. The molecule has 0 fully saturated rings. The van der Waals surface area contributed by atoms with Crippen LogP contribution in [0.5, 0.6) is 0 Å². The predicted octanol–water partition coefficient (Wildman–Crippen LogP) is 4.21. The fraction of sp³-hybridized carbons (Fsp3) is 0.500. The van der Waals surface area contributed by atoms with Crippen LogP contribution < -0.4 is 5.32 Å². The molecule has 2 rings (SSSR count). The average molecular weight is 261 g/mol. The highest BCUT2D eigenvalue weighted by Gasteiger charge is 2.29. The van der Waals surface area contributed by atoms with Crippen LogP contribution in [0.1, 0.15) is 38.2 Å². The van der Waals surface area contributed by atoms with Gasteiger partial charge < -0.3 is 5.32 Å². The Labute approximate surface area is 115 Å². The molecule has 0 aliphatic carbocycles. The Morgan fingerprint density at radius 1 is 1.50 bits per heavy atom. The van der Waals surface area contributed by atoms with Gasteiger partial charge in [-0.3, -0.25) is 0 Å². The van der Waals surface area contributed by atoms with Crippen molar-refractivity contribution in [1.29, 1.82) is 0 Å². The number of rotatable bonds is 6. The van der Waals surface area contributed by atoms with Crippen LogP contribution in [-0.2, 0) is 0 Å². The van der Waals surface area contributed by atoms with Crippen LogP contribution in [0, 0.1) is 0 Å². The predicted molar refractivity (Wildman–Crippen MR) is 81.4 cm³/mol. The van der Waals surface area contributed by atoms with E-state index in [2.05, 4.69) is 50.0 Å². The maximum Gasteiger partial charge on any atom is 0.0147 e.